The van der Waals surface area contributed by atoms with Gasteiger partial charge in [-0.25, -0.2) is 4.79 Å². The van der Waals surface area contributed by atoms with E-state index in [-0.39, 0.29) is 5.69 Å². The summed E-state index contributed by atoms with van der Waals surface area (Å²) in [5.74, 6) is -1.04. The van der Waals surface area contributed by atoms with E-state index in [1.165, 1.54) is 25.6 Å². The standard InChI is InChI=1S/C12H21N5O2/c1-15(8-10-4-3-5-16(10)2)6-7-17-9-11(12(18)19)13-14-17/h9-10H,3-8H2,1-2H3,(H,18,19). The Morgan fingerprint density at radius 1 is 1.63 bits per heavy atom. The molecule has 2 heterocycles. The van der Waals surface area contributed by atoms with E-state index in [1.54, 1.807) is 4.68 Å². The van der Waals surface area contributed by atoms with Crippen LogP contribution in [0.25, 0.3) is 0 Å². The molecule has 1 aliphatic rings. The number of carboxylic acids is 1. The van der Waals surface area contributed by atoms with E-state index in [9.17, 15) is 4.79 Å². The number of likely N-dealkylation sites (tertiary alicyclic amines) is 1. The number of hydrogen-bond donors (Lipinski definition) is 1. The summed E-state index contributed by atoms with van der Waals surface area (Å²) >= 11 is 0. The SMILES string of the molecule is CN(CCn1cc(C(=O)O)nn1)CC1CCCN1C. The molecule has 7 heteroatoms. The summed E-state index contributed by atoms with van der Waals surface area (Å²) < 4.78 is 1.58. The molecule has 2 rings (SSSR count). The lowest BCUT2D eigenvalue weighted by atomic mass is 10.2. The molecule has 0 saturated carbocycles. The minimum Gasteiger partial charge on any atom is -0.476 e. The van der Waals surface area contributed by atoms with Crippen molar-refractivity contribution >= 4 is 5.97 Å². The topological polar surface area (TPSA) is 74.5 Å². The van der Waals surface area contributed by atoms with Crippen LogP contribution in [0.5, 0.6) is 0 Å². The molecule has 1 aromatic rings. The Labute approximate surface area is 112 Å². The van der Waals surface area contributed by atoms with Gasteiger partial charge >= 0.3 is 5.97 Å². The van der Waals surface area contributed by atoms with Crippen molar-refractivity contribution in [2.24, 2.45) is 0 Å². The lowest BCUT2D eigenvalue weighted by Crippen LogP contribution is -2.37. The van der Waals surface area contributed by atoms with Crippen molar-refractivity contribution in [3.05, 3.63) is 11.9 Å². The number of rotatable bonds is 6. The molecule has 0 aromatic carbocycles. The molecule has 0 amide bonds. The third kappa shape index (κ3) is 3.74. The molecule has 1 unspecified atom stereocenters. The molecule has 0 aliphatic carbocycles. The van der Waals surface area contributed by atoms with Gasteiger partial charge in [0.25, 0.3) is 0 Å². The Morgan fingerprint density at radius 3 is 3.00 bits per heavy atom. The predicted molar refractivity (Wildman–Crippen MR) is 70.1 cm³/mol. The van der Waals surface area contributed by atoms with Crippen molar-refractivity contribution in [3.8, 4) is 0 Å². The zero-order valence-electron chi connectivity index (χ0n) is 11.5. The summed E-state index contributed by atoms with van der Waals surface area (Å²) in [5.41, 5.74) is -0.00169. The van der Waals surface area contributed by atoms with Gasteiger partial charge in [-0.3, -0.25) is 4.68 Å². The Hall–Kier alpha value is -1.47. The lowest BCUT2D eigenvalue weighted by molar-refractivity contribution is 0.0690. The molecule has 0 bridgehead atoms. The molecule has 7 nitrogen and oxygen atoms in total. The molecule has 0 radical (unpaired) electrons. The number of likely N-dealkylation sites (N-methyl/N-ethyl adjacent to an activating group) is 2. The van der Waals surface area contributed by atoms with E-state index in [0.29, 0.717) is 12.6 Å². The van der Waals surface area contributed by atoms with Crippen molar-refractivity contribution in [3.63, 3.8) is 0 Å². The fraction of sp³-hybridized carbons (Fsp3) is 0.750. The van der Waals surface area contributed by atoms with Crippen molar-refractivity contribution < 1.29 is 9.90 Å². The minimum atomic E-state index is -1.04. The first-order valence-corrected chi connectivity index (χ1v) is 6.58. The normalized spacial score (nSPS) is 20.3. The molecule has 1 atom stereocenters. The molecule has 1 fully saturated rings. The monoisotopic (exact) mass is 267 g/mol. The van der Waals surface area contributed by atoms with Gasteiger partial charge in [0, 0.05) is 19.1 Å². The Morgan fingerprint density at radius 2 is 2.42 bits per heavy atom. The van der Waals surface area contributed by atoms with E-state index in [1.807, 2.05) is 0 Å². The summed E-state index contributed by atoms with van der Waals surface area (Å²) in [7, 11) is 4.25. The molecule has 1 aliphatic heterocycles. The van der Waals surface area contributed by atoms with Gasteiger partial charge in [0.15, 0.2) is 5.69 Å². The van der Waals surface area contributed by atoms with Crippen LogP contribution in [-0.2, 0) is 6.54 Å². The van der Waals surface area contributed by atoms with Crippen molar-refractivity contribution in [1.82, 2.24) is 24.8 Å². The first-order valence-electron chi connectivity index (χ1n) is 6.58. The van der Waals surface area contributed by atoms with Gasteiger partial charge < -0.3 is 14.9 Å². The zero-order valence-corrected chi connectivity index (χ0v) is 11.5. The van der Waals surface area contributed by atoms with Gasteiger partial charge in [-0.1, -0.05) is 5.21 Å². The van der Waals surface area contributed by atoms with Crippen molar-refractivity contribution in [2.45, 2.75) is 25.4 Å². The number of aromatic nitrogens is 3. The molecular formula is C12H21N5O2. The number of carbonyl (C=O) groups is 1. The summed E-state index contributed by atoms with van der Waals surface area (Å²) in [4.78, 5) is 15.3. The van der Waals surface area contributed by atoms with E-state index < -0.39 is 5.97 Å². The van der Waals surface area contributed by atoms with Crippen molar-refractivity contribution in [1.29, 1.82) is 0 Å². The second kappa shape index (κ2) is 6.12. The fourth-order valence-electron chi connectivity index (χ4n) is 2.44. The molecule has 1 aromatic heterocycles. The third-order valence-corrected chi connectivity index (χ3v) is 3.66. The highest BCUT2D eigenvalue weighted by atomic mass is 16.4. The average Bonchev–Trinajstić information content (AvgIpc) is 2.97. The van der Waals surface area contributed by atoms with Gasteiger partial charge in [-0.05, 0) is 33.5 Å². The van der Waals surface area contributed by atoms with E-state index in [4.69, 9.17) is 5.11 Å². The van der Waals surface area contributed by atoms with E-state index in [2.05, 4.69) is 34.2 Å². The summed E-state index contributed by atoms with van der Waals surface area (Å²) in [5, 5.41) is 16.2. The maximum Gasteiger partial charge on any atom is 0.358 e. The first-order chi connectivity index (χ1) is 9.06. The van der Waals surface area contributed by atoms with Crippen LogP contribution in [0.4, 0.5) is 0 Å². The minimum absolute atomic E-state index is 0.00169. The Balaban J connectivity index is 1.76. The average molecular weight is 267 g/mol. The molecule has 19 heavy (non-hydrogen) atoms. The quantitative estimate of drug-likeness (QED) is 0.782. The first kappa shape index (κ1) is 14.0. The maximum absolute atomic E-state index is 10.7. The summed E-state index contributed by atoms with van der Waals surface area (Å²) in [6.45, 7) is 3.72. The lowest BCUT2D eigenvalue weighted by Gasteiger charge is -2.25. The van der Waals surface area contributed by atoms with Crippen LogP contribution < -0.4 is 0 Å². The molecule has 1 saturated heterocycles. The van der Waals surface area contributed by atoms with Gasteiger partial charge in [0.1, 0.15) is 0 Å². The van der Waals surface area contributed by atoms with Crippen LogP contribution in [0, 0.1) is 0 Å². The molecule has 0 spiro atoms. The Bertz CT molecular complexity index is 434. The second-order valence-electron chi connectivity index (χ2n) is 5.21. The second-order valence-corrected chi connectivity index (χ2v) is 5.21. The van der Waals surface area contributed by atoms with Crippen LogP contribution in [0.15, 0.2) is 6.20 Å². The van der Waals surface area contributed by atoms with Gasteiger partial charge in [-0.2, -0.15) is 0 Å². The van der Waals surface area contributed by atoms with E-state index in [0.717, 1.165) is 13.1 Å². The predicted octanol–water partition coefficient (Wildman–Crippen LogP) is 0.00230. The largest absolute Gasteiger partial charge is 0.476 e. The Kier molecular flexibility index (Phi) is 4.49. The summed E-state index contributed by atoms with van der Waals surface area (Å²) in [6, 6.07) is 0.635. The molecule has 1 N–H and O–H groups in total. The third-order valence-electron chi connectivity index (χ3n) is 3.66. The van der Waals surface area contributed by atoms with Gasteiger partial charge in [0.05, 0.1) is 12.7 Å². The van der Waals surface area contributed by atoms with Crippen LogP contribution in [0.3, 0.4) is 0 Å². The van der Waals surface area contributed by atoms with Crippen LogP contribution in [0.1, 0.15) is 23.3 Å². The highest BCUT2D eigenvalue weighted by molar-refractivity contribution is 5.84. The van der Waals surface area contributed by atoms with Gasteiger partial charge in [-0.15, -0.1) is 5.10 Å². The maximum atomic E-state index is 10.7. The fourth-order valence-corrected chi connectivity index (χ4v) is 2.44. The molecular weight excluding hydrogens is 246 g/mol. The smallest absolute Gasteiger partial charge is 0.358 e. The highest BCUT2D eigenvalue weighted by Gasteiger charge is 2.21. The zero-order chi connectivity index (χ0) is 13.8. The molecule has 106 valence electrons. The number of aromatic carboxylic acids is 1. The summed E-state index contributed by atoms with van der Waals surface area (Å²) in [6.07, 6.45) is 4.01. The number of hydrogen-bond acceptors (Lipinski definition) is 5. The number of carboxylic acid groups (broad SMARTS) is 1. The van der Waals surface area contributed by atoms with Gasteiger partial charge in [0.2, 0.25) is 0 Å². The van der Waals surface area contributed by atoms with Crippen LogP contribution in [0.2, 0.25) is 0 Å². The van der Waals surface area contributed by atoms with E-state index >= 15 is 0 Å². The van der Waals surface area contributed by atoms with Crippen molar-refractivity contribution in [2.75, 3.05) is 33.7 Å². The highest BCUT2D eigenvalue weighted by Crippen LogP contribution is 2.15. The van der Waals surface area contributed by atoms with Crippen LogP contribution >= 0.6 is 0 Å². The van der Waals surface area contributed by atoms with Crippen LogP contribution in [-0.4, -0.2) is 75.6 Å². The number of nitrogens with zero attached hydrogens (tertiary/aromatic N) is 5.